The summed E-state index contributed by atoms with van der Waals surface area (Å²) in [6.07, 6.45) is -1.82. The highest BCUT2D eigenvalue weighted by Crippen LogP contribution is 2.38. The van der Waals surface area contributed by atoms with Crippen LogP contribution in [0.5, 0.6) is 0 Å². The van der Waals surface area contributed by atoms with Crippen molar-refractivity contribution in [1.29, 1.82) is 10.5 Å². The lowest BCUT2D eigenvalue weighted by atomic mass is 9.85. The molecule has 1 amide bonds. The third kappa shape index (κ3) is 4.28. The number of aromatic nitrogens is 1. The third-order valence-electron chi connectivity index (χ3n) is 5.83. The number of nitrogens with one attached hydrogen (secondary N) is 1. The van der Waals surface area contributed by atoms with Crippen LogP contribution in [-0.2, 0) is 11.0 Å². The molecule has 4 rings (SSSR count). The monoisotopic (exact) mass is 461 g/mol. The highest BCUT2D eigenvalue weighted by atomic mass is 19.4. The van der Waals surface area contributed by atoms with Crippen molar-refractivity contribution in [3.8, 4) is 34.5 Å². The van der Waals surface area contributed by atoms with Gasteiger partial charge in [-0.25, -0.2) is 4.98 Å². The van der Waals surface area contributed by atoms with Crippen molar-refractivity contribution < 1.29 is 18.0 Å². The largest absolute Gasteiger partial charge is 0.416 e. The van der Waals surface area contributed by atoms with Crippen LogP contribution in [0.2, 0.25) is 0 Å². The summed E-state index contributed by atoms with van der Waals surface area (Å²) in [5, 5.41) is 22.5. The highest BCUT2D eigenvalue weighted by molar-refractivity contribution is 5.94. The van der Waals surface area contributed by atoms with Gasteiger partial charge < -0.3 is 11.1 Å². The molecule has 1 fully saturated rings. The number of nitrogen functional groups attached to an aromatic ring is 1. The van der Waals surface area contributed by atoms with E-state index >= 15 is 0 Å². The quantitative estimate of drug-likeness (QED) is 0.532. The molecular weight excluding hydrogens is 443 g/mol. The first kappa shape index (κ1) is 22.8. The van der Waals surface area contributed by atoms with Gasteiger partial charge in [-0.05, 0) is 42.7 Å². The summed E-state index contributed by atoms with van der Waals surface area (Å²) < 4.78 is 39.0. The van der Waals surface area contributed by atoms with E-state index in [0.29, 0.717) is 11.3 Å². The van der Waals surface area contributed by atoms with Crippen LogP contribution in [0.3, 0.4) is 0 Å². The summed E-state index contributed by atoms with van der Waals surface area (Å²) in [6.45, 7) is 0. The Kier molecular flexibility index (Phi) is 5.95. The summed E-state index contributed by atoms with van der Waals surface area (Å²) in [6, 6.07) is 14.8. The molecule has 0 saturated heterocycles. The number of benzene rings is 2. The van der Waals surface area contributed by atoms with Crippen molar-refractivity contribution >= 4 is 17.4 Å². The van der Waals surface area contributed by atoms with E-state index in [1.165, 1.54) is 12.1 Å². The number of nitriles is 2. The molecule has 2 aromatic carbocycles. The smallest absolute Gasteiger partial charge is 0.383 e. The molecule has 3 aromatic rings. The molecule has 0 spiro atoms. The molecule has 3 N–H and O–H groups in total. The van der Waals surface area contributed by atoms with Gasteiger partial charge >= 0.3 is 6.18 Å². The second-order valence-corrected chi connectivity index (χ2v) is 7.97. The number of hydrogen-bond donors (Lipinski definition) is 2. The molecule has 1 aromatic heterocycles. The second-order valence-electron chi connectivity index (χ2n) is 7.97. The standard InChI is InChI=1S/C25H18F3N5O/c26-25(27,28)17-9-7-14(8-10-17)21-19(12-29)22(33-23(31)20(21)13-30)16-5-2-6-18(11-16)32-24(34)15-3-1-4-15/h2,5-11,15H,1,3-4H2,(H2,31,33)(H,32,34). The fraction of sp³-hybridized carbons (Fsp3) is 0.200. The van der Waals surface area contributed by atoms with E-state index in [4.69, 9.17) is 5.73 Å². The Balaban J connectivity index is 1.82. The van der Waals surface area contributed by atoms with Crippen LogP contribution in [0.1, 0.15) is 36.0 Å². The first-order valence-electron chi connectivity index (χ1n) is 10.5. The molecule has 170 valence electrons. The zero-order valence-electron chi connectivity index (χ0n) is 17.8. The zero-order chi connectivity index (χ0) is 24.5. The first-order chi connectivity index (χ1) is 16.2. The van der Waals surface area contributed by atoms with Gasteiger partial charge in [0.15, 0.2) is 0 Å². The maximum absolute atomic E-state index is 13.0. The average molecular weight is 461 g/mol. The average Bonchev–Trinajstić information content (AvgIpc) is 2.76. The SMILES string of the molecule is N#Cc1c(N)nc(-c2cccc(NC(=O)C3CCC3)c2)c(C#N)c1-c1ccc(C(F)(F)F)cc1. The van der Waals surface area contributed by atoms with Gasteiger partial charge in [0.25, 0.3) is 0 Å². The number of carbonyl (C=O) groups is 1. The Hall–Kier alpha value is -4.37. The summed E-state index contributed by atoms with van der Waals surface area (Å²) in [5.74, 6) is -0.259. The maximum Gasteiger partial charge on any atom is 0.416 e. The van der Waals surface area contributed by atoms with E-state index in [0.717, 1.165) is 31.4 Å². The van der Waals surface area contributed by atoms with Crippen molar-refractivity contribution in [3.63, 3.8) is 0 Å². The number of amides is 1. The van der Waals surface area contributed by atoms with E-state index in [1.807, 2.05) is 12.1 Å². The van der Waals surface area contributed by atoms with Gasteiger partial charge in [0.1, 0.15) is 23.5 Å². The normalized spacial score (nSPS) is 13.4. The zero-order valence-corrected chi connectivity index (χ0v) is 17.8. The second kappa shape index (κ2) is 8.87. The fourth-order valence-electron chi connectivity index (χ4n) is 3.81. The Morgan fingerprint density at radius 3 is 2.26 bits per heavy atom. The maximum atomic E-state index is 13.0. The Morgan fingerprint density at radius 2 is 1.71 bits per heavy atom. The van der Waals surface area contributed by atoms with E-state index in [9.17, 15) is 28.5 Å². The summed E-state index contributed by atoms with van der Waals surface area (Å²) in [4.78, 5) is 16.6. The minimum Gasteiger partial charge on any atom is -0.383 e. The number of nitrogens with zero attached hydrogens (tertiary/aromatic N) is 3. The fourth-order valence-corrected chi connectivity index (χ4v) is 3.81. The van der Waals surface area contributed by atoms with Crippen molar-refractivity contribution in [3.05, 3.63) is 65.2 Å². The molecule has 34 heavy (non-hydrogen) atoms. The molecular formula is C25H18F3N5O. The number of anilines is 2. The molecule has 0 unspecified atom stereocenters. The summed E-state index contributed by atoms with van der Waals surface area (Å²) in [5.41, 5.74) is 6.53. The molecule has 1 saturated carbocycles. The van der Waals surface area contributed by atoms with Gasteiger partial charge in [0.05, 0.1) is 16.8 Å². The molecule has 1 aliphatic carbocycles. The van der Waals surface area contributed by atoms with Gasteiger partial charge in [-0.15, -0.1) is 0 Å². The topological polar surface area (TPSA) is 116 Å². The highest BCUT2D eigenvalue weighted by Gasteiger charge is 2.30. The summed E-state index contributed by atoms with van der Waals surface area (Å²) in [7, 11) is 0. The number of pyridine rings is 1. The third-order valence-corrected chi connectivity index (χ3v) is 5.83. The number of halogens is 3. The minimum atomic E-state index is -4.53. The lowest BCUT2D eigenvalue weighted by Crippen LogP contribution is -2.28. The van der Waals surface area contributed by atoms with Gasteiger partial charge in [-0.1, -0.05) is 30.7 Å². The Labute approximate surface area is 193 Å². The van der Waals surface area contributed by atoms with Gasteiger partial charge in [0, 0.05) is 22.7 Å². The lowest BCUT2D eigenvalue weighted by molar-refractivity contribution is -0.137. The Bertz CT molecular complexity index is 1350. The molecule has 0 bridgehead atoms. The van der Waals surface area contributed by atoms with Crippen LogP contribution < -0.4 is 11.1 Å². The number of carbonyl (C=O) groups excluding carboxylic acids is 1. The molecule has 9 heteroatoms. The van der Waals surface area contributed by atoms with E-state index in [-0.39, 0.29) is 45.6 Å². The van der Waals surface area contributed by atoms with Crippen molar-refractivity contribution in [2.24, 2.45) is 5.92 Å². The number of hydrogen-bond acceptors (Lipinski definition) is 5. The first-order valence-corrected chi connectivity index (χ1v) is 10.5. The van der Waals surface area contributed by atoms with Crippen LogP contribution in [0.15, 0.2) is 48.5 Å². The molecule has 6 nitrogen and oxygen atoms in total. The van der Waals surface area contributed by atoms with E-state index < -0.39 is 11.7 Å². The molecule has 1 heterocycles. The van der Waals surface area contributed by atoms with E-state index in [2.05, 4.69) is 10.3 Å². The Morgan fingerprint density at radius 1 is 1.03 bits per heavy atom. The molecule has 1 aliphatic rings. The predicted octanol–water partition coefficient (Wildman–Crippen LogP) is 5.50. The molecule has 0 radical (unpaired) electrons. The van der Waals surface area contributed by atoms with Crippen molar-refractivity contribution in [1.82, 2.24) is 4.98 Å². The number of rotatable bonds is 4. The van der Waals surface area contributed by atoms with Crippen LogP contribution in [0, 0.1) is 28.6 Å². The van der Waals surface area contributed by atoms with Gasteiger partial charge in [-0.3, -0.25) is 4.79 Å². The minimum absolute atomic E-state index is 0.00650. The van der Waals surface area contributed by atoms with Crippen molar-refractivity contribution in [2.75, 3.05) is 11.1 Å². The summed E-state index contributed by atoms with van der Waals surface area (Å²) >= 11 is 0. The van der Waals surface area contributed by atoms with Crippen LogP contribution in [-0.4, -0.2) is 10.9 Å². The molecule has 0 aliphatic heterocycles. The molecule has 0 atom stereocenters. The number of alkyl halides is 3. The van der Waals surface area contributed by atoms with Crippen LogP contribution in [0.25, 0.3) is 22.4 Å². The number of nitrogens with two attached hydrogens (primary N) is 1. The van der Waals surface area contributed by atoms with Gasteiger partial charge in [-0.2, -0.15) is 23.7 Å². The van der Waals surface area contributed by atoms with Crippen LogP contribution in [0.4, 0.5) is 24.7 Å². The van der Waals surface area contributed by atoms with E-state index in [1.54, 1.807) is 24.3 Å². The predicted molar refractivity (Wildman–Crippen MR) is 120 cm³/mol. The van der Waals surface area contributed by atoms with Crippen LogP contribution >= 0.6 is 0 Å². The van der Waals surface area contributed by atoms with Crippen molar-refractivity contribution in [2.45, 2.75) is 25.4 Å². The van der Waals surface area contributed by atoms with Gasteiger partial charge in [0.2, 0.25) is 5.91 Å². The lowest BCUT2D eigenvalue weighted by Gasteiger charge is -2.24.